The van der Waals surface area contributed by atoms with E-state index in [-0.39, 0.29) is 17.4 Å². The van der Waals surface area contributed by atoms with Crippen molar-refractivity contribution in [1.29, 1.82) is 0 Å². The summed E-state index contributed by atoms with van der Waals surface area (Å²) in [5, 5.41) is 7.06. The summed E-state index contributed by atoms with van der Waals surface area (Å²) in [4.78, 5) is 17.0. The Kier molecular flexibility index (Phi) is 5.83. The first-order chi connectivity index (χ1) is 14.4. The Labute approximate surface area is 170 Å². The van der Waals surface area contributed by atoms with Crippen LogP contribution in [0, 0.1) is 10.7 Å². The minimum Gasteiger partial charge on any atom is -0.379 e. The van der Waals surface area contributed by atoms with Crippen molar-refractivity contribution in [2.24, 2.45) is 5.18 Å². The Morgan fingerprint density at radius 2 is 1.70 bits per heavy atom. The van der Waals surface area contributed by atoms with Crippen molar-refractivity contribution in [3.05, 3.63) is 34.7 Å². The molecule has 2 aromatic rings. The summed E-state index contributed by atoms with van der Waals surface area (Å²) >= 11 is 0. The predicted molar refractivity (Wildman–Crippen MR) is 99.6 cm³/mol. The summed E-state index contributed by atoms with van der Waals surface area (Å²) in [5.41, 5.74) is -2.38. The van der Waals surface area contributed by atoms with Crippen LogP contribution in [0.2, 0.25) is 0 Å². The van der Waals surface area contributed by atoms with Crippen LogP contribution in [0.25, 0.3) is 11.4 Å². The number of pyridine rings is 1. The minimum atomic E-state index is -4.74. The highest BCUT2D eigenvalue weighted by atomic mass is 19.4. The van der Waals surface area contributed by atoms with Crippen LogP contribution in [-0.4, -0.2) is 52.0 Å². The van der Waals surface area contributed by atoms with E-state index in [0.717, 1.165) is 52.0 Å². The van der Waals surface area contributed by atoms with E-state index in [1.54, 1.807) is 0 Å². The molecule has 0 radical (unpaired) electrons. The van der Waals surface area contributed by atoms with Gasteiger partial charge in [-0.2, -0.15) is 18.3 Å². The molecule has 3 heterocycles. The average molecular weight is 427 g/mol. The first-order valence-corrected chi connectivity index (χ1v) is 9.85. The van der Waals surface area contributed by atoms with Gasteiger partial charge in [0.1, 0.15) is 17.1 Å². The van der Waals surface area contributed by atoms with Gasteiger partial charge in [0, 0.05) is 19.1 Å². The first kappa shape index (κ1) is 20.9. The number of alkyl halides is 3. The van der Waals surface area contributed by atoms with Gasteiger partial charge >= 0.3 is 6.18 Å². The van der Waals surface area contributed by atoms with E-state index in [2.05, 4.69) is 20.2 Å². The topological polar surface area (TPSA) is 72.6 Å². The standard InChI is InChI=1S/C19H21F4N5O2/c20-14-5-6-16(19(21,22)23)24-17(14)18-15(26-29)11-28(25-18)13-3-1-12(2-4-13)27-7-9-30-10-8-27/h5-6,11-13H,1-4,7-10H2. The number of aromatic nitrogens is 3. The average Bonchev–Trinajstić information content (AvgIpc) is 3.18. The lowest BCUT2D eigenvalue weighted by Crippen LogP contribution is -2.45. The molecule has 0 atom stereocenters. The number of morpholine rings is 1. The van der Waals surface area contributed by atoms with Gasteiger partial charge in [0.05, 0.1) is 25.5 Å². The second kappa shape index (κ2) is 8.38. The van der Waals surface area contributed by atoms with Crippen molar-refractivity contribution in [2.75, 3.05) is 26.3 Å². The van der Waals surface area contributed by atoms with Gasteiger partial charge in [-0.1, -0.05) is 0 Å². The molecule has 0 bridgehead atoms. The third-order valence-corrected chi connectivity index (χ3v) is 5.77. The fraction of sp³-hybridized carbons (Fsp3) is 0.579. The fourth-order valence-corrected chi connectivity index (χ4v) is 4.20. The smallest absolute Gasteiger partial charge is 0.379 e. The molecule has 0 spiro atoms. The number of ether oxygens (including phenoxy) is 1. The zero-order valence-electron chi connectivity index (χ0n) is 16.1. The highest BCUT2D eigenvalue weighted by molar-refractivity contribution is 5.69. The molecule has 2 aromatic heterocycles. The van der Waals surface area contributed by atoms with E-state index in [1.807, 2.05) is 0 Å². The largest absolute Gasteiger partial charge is 0.433 e. The molecule has 1 saturated heterocycles. The maximum Gasteiger partial charge on any atom is 0.433 e. The Bertz CT molecular complexity index is 903. The number of nitroso groups, excluding NO2 is 1. The lowest BCUT2D eigenvalue weighted by molar-refractivity contribution is -0.141. The quantitative estimate of drug-likeness (QED) is 0.537. The van der Waals surface area contributed by atoms with Crippen LogP contribution in [-0.2, 0) is 10.9 Å². The summed E-state index contributed by atoms with van der Waals surface area (Å²) in [6.45, 7) is 3.26. The molecule has 2 aliphatic rings. The lowest BCUT2D eigenvalue weighted by atomic mass is 9.90. The molecule has 7 nitrogen and oxygen atoms in total. The van der Waals surface area contributed by atoms with Crippen LogP contribution < -0.4 is 0 Å². The zero-order valence-corrected chi connectivity index (χ0v) is 16.1. The number of hydrogen-bond donors (Lipinski definition) is 0. The summed E-state index contributed by atoms with van der Waals surface area (Å²) < 4.78 is 60.1. The second-order valence-electron chi connectivity index (χ2n) is 7.57. The highest BCUT2D eigenvalue weighted by Crippen LogP contribution is 2.37. The molecule has 11 heteroatoms. The summed E-state index contributed by atoms with van der Waals surface area (Å²) in [7, 11) is 0. The van der Waals surface area contributed by atoms with Crippen molar-refractivity contribution in [2.45, 2.75) is 43.9 Å². The maximum atomic E-state index is 14.2. The molecule has 1 saturated carbocycles. The van der Waals surface area contributed by atoms with Crippen LogP contribution in [0.3, 0.4) is 0 Å². The van der Waals surface area contributed by atoms with E-state index in [9.17, 15) is 22.5 Å². The van der Waals surface area contributed by atoms with E-state index in [4.69, 9.17) is 4.74 Å². The van der Waals surface area contributed by atoms with E-state index >= 15 is 0 Å². The molecule has 2 fully saturated rings. The Hall–Kier alpha value is -2.40. The van der Waals surface area contributed by atoms with Crippen LogP contribution in [0.4, 0.5) is 23.2 Å². The van der Waals surface area contributed by atoms with Gasteiger partial charge < -0.3 is 4.74 Å². The van der Waals surface area contributed by atoms with Crippen LogP contribution in [0.1, 0.15) is 37.4 Å². The maximum absolute atomic E-state index is 14.2. The fourth-order valence-electron chi connectivity index (χ4n) is 4.20. The van der Waals surface area contributed by atoms with Crippen molar-refractivity contribution in [1.82, 2.24) is 19.7 Å². The molecule has 0 unspecified atom stereocenters. The number of nitrogens with zero attached hydrogens (tertiary/aromatic N) is 5. The molecule has 1 aliphatic carbocycles. The minimum absolute atomic E-state index is 0.0367. The molecule has 4 rings (SSSR count). The van der Waals surface area contributed by atoms with Crippen LogP contribution >= 0.6 is 0 Å². The Morgan fingerprint density at radius 1 is 1.03 bits per heavy atom. The molecule has 0 amide bonds. The van der Waals surface area contributed by atoms with Gasteiger partial charge in [0.2, 0.25) is 0 Å². The first-order valence-electron chi connectivity index (χ1n) is 9.85. The lowest BCUT2D eigenvalue weighted by Gasteiger charge is -2.38. The summed E-state index contributed by atoms with van der Waals surface area (Å²) in [5.74, 6) is -0.992. The van der Waals surface area contributed by atoms with Crippen molar-refractivity contribution < 1.29 is 22.3 Å². The summed E-state index contributed by atoms with van der Waals surface area (Å²) in [6.07, 6.45) is 0.0702. The van der Waals surface area contributed by atoms with Crippen molar-refractivity contribution in [3.8, 4) is 11.4 Å². The second-order valence-corrected chi connectivity index (χ2v) is 7.57. The van der Waals surface area contributed by atoms with E-state index in [0.29, 0.717) is 18.2 Å². The predicted octanol–water partition coefficient (Wildman–Crippen LogP) is 4.32. The van der Waals surface area contributed by atoms with Gasteiger partial charge in [0.15, 0.2) is 11.5 Å². The Balaban J connectivity index is 1.55. The molecule has 1 aliphatic heterocycles. The molecule has 162 valence electrons. The van der Waals surface area contributed by atoms with Gasteiger partial charge in [-0.15, -0.1) is 4.91 Å². The number of halogens is 4. The molecule has 0 N–H and O–H groups in total. The molecular weight excluding hydrogens is 406 g/mol. The normalized spacial score (nSPS) is 23.5. The third kappa shape index (κ3) is 4.22. The Morgan fingerprint density at radius 3 is 2.33 bits per heavy atom. The molecule has 30 heavy (non-hydrogen) atoms. The van der Waals surface area contributed by atoms with Gasteiger partial charge in [-0.05, 0) is 43.0 Å². The summed E-state index contributed by atoms with van der Waals surface area (Å²) in [6, 6.07) is 1.64. The highest BCUT2D eigenvalue weighted by Gasteiger charge is 2.34. The SMILES string of the molecule is O=Nc1cn(C2CCC(N3CCOCC3)CC2)nc1-c1nc(C(F)(F)F)ccc1F. The monoisotopic (exact) mass is 427 g/mol. The van der Waals surface area contributed by atoms with Gasteiger partial charge in [-0.3, -0.25) is 9.58 Å². The number of hydrogen-bond acceptors (Lipinski definition) is 6. The number of rotatable bonds is 4. The zero-order chi connectivity index (χ0) is 21.3. The van der Waals surface area contributed by atoms with Gasteiger partial charge in [-0.25, -0.2) is 9.37 Å². The van der Waals surface area contributed by atoms with Crippen molar-refractivity contribution in [3.63, 3.8) is 0 Å². The molecular formula is C19H21F4N5O2. The van der Waals surface area contributed by atoms with E-state index in [1.165, 1.54) is 10.9 Å². The van der Waals surface area contributed by atoms with Crippen LogP contribution in [0.5, 0.6) is 0 Å². The van der Waals surface area contributed by atoms with E-state index < -0.39 is 23.4 Å². The van der Waals surface area contributed by atoms with Crippen molar-refractivity contribution >= 4 is 5.69 Å². The van der Waals surface area contributed by atoms with Crippen LogP contribution in [0.15, 0.2) is 23.5 Å². The third-order valence-electron chi connectivity index (χ3n) is 5.77. The molecule has 0 aromatic carbocycles. The van der Waals surface area contributed by atoms with Gasteiger partial charge in [0.25, 0.3) is 0 Å².